The highest BCUT2D eigenvalue weighted by Crippen LogP contribution is 2.32. The summed E-state index contributed by atoms with van der Waals surface area (Å²) in [6.07, 6.45) is 5.87. The summed E-state index contributed by atoms with van der Waals surface area (Å²) in [5, 5.41) is 0. The number of benzene rings is 1. The number of allylic oxidation sites excluding steroid dienone is 1. The van der Waals surface area contributed by atoms with Gasteiger partial charge in [0.15, 0.2) is 0 Å². The number of hydrogen-bond donors (Lipinski definition) is 0. The third kappa shape index (κ3) is 2.35. The Bertz CT molecular complexity index is 363. The van der Waals surface area contributed by atoms with Crippen LogP contribution in [0.3, 0.4) is 0 Å². The van der Waals surface area contributed by atoms with Gasteiger partial charge in [-0.05, 0) is 37.2 Å². The summed E-state index contributed by atoms with van der Waals surface area (Å²) in [6, 6.07) is 8.75. The van der Waals surface area contributed by atoms with Crippen LogP contribution in [-0.4, -0.2) is 24.5 Å². The van der Waals surface area contributed by atoms with Crippen LogP contribution in [0.1, 0.15) is 37.3 Å². The predicted octanol–water partition coefficient (Wildman–Crippen LogP) is 3.53. The molecule has 1 unspecified atom stereocenters. The Hall–Kier alpha value is -1.08. The van der Waals surface area contributed by atoms with Crippen molar-refractivity contribution in [3.63, 3.8) is 0 Å². The first-order valence-corrected chi connectivity index (χ1v) is 6.34. The Balaban J connectivity index is 1.96. The molecule has 1 atom stereocenters. The number of rotatable bonds is 5. The van der Waals surface area contributed by atoms with E-state index in [9.17, 15) is 0 Å². The monoisotopic (exact) mass is 215 g/mol. The van der Waals surface area contributed by atoms with E-state index in [2.05, 4.69) is 55.2 Å². The number of nitrogens with zero attached hydrogens (tertiary/aromatic N) is 1. The van der Waals surface area contributed by atoms with Gasteiger partial charge in [0.1, 0.15) is 0 Å². The van der Waals surface area contributed by atoms with Gasteiger partial charge in [-0.3, -0.25) is 0 Å². The molecule has 0 radical (unpaired) electrons. The molecular weight excluding hydrogens is 194 g/mol. The third-order valence-electron chi connectivity index (χ3n) is 3.55. The van der Waals surface area contributed by atoms with Crippen molar-refractivity contribution in [1.82, 2.24) is 4.90 Å². The zero-order valence-corrected chi connectivity index (χ0v) is 10.3. The van der Waals surface area contributed by atoms with Gasteiger partial charge in [-0.2, -0.15) is 0 Å². The average Bonchev–Trinajstić information content (AvgIpc) is 2.74. The zero-order chi connectivity index (χ0) is 11.4. The normalized spacial score (nSPS) is 18.1. The molecule has 1 aliphatic rings. The second-order valence-corrected chi connectivity index (χ2v) is 4.41. The fraction of sp³-hybridized carbons (Fsp3) is 0.467. The van der Waals surface area contributed by atoms with Crippen molar-refractivity contribution >= 4 is 6.08 Å². The van der Waals surface area contributed by atoms with Crippen molar-refractivity contribution in [3.8, 4) is 0 Å². The maximum Gasteiger partial charge on any atom is 0.00393 e. The van der Waals surface area contributed by atoms with E-state index < -0.39 is 0 Å². The summed E-state index contributed by atoms with van der Waals surface area (Å²) in [6.45, 7) is 8.00. The molecule has 0 N–H and O–H groups in total. The summed E-state index contributed by atoms with van der Waals surface area (Å²) in [7, 11) is 0. The lowest BCUT2D eigenvalue weighted by Crippen LogP contribution is -2.24. The quantitative estimate of drug-likeness (QED) is 0.726. The van der Waals surface area contributed by atoms with Gasteiger partial charge in [0.25, 0.3) is 0 Å². The first-order valence-electron chi connectivity index (χ1n) is 6.34. The minimum absolute atomic E-state index is 0.636. The first-order chi connectivity index (χ1) is 7.85. The molecule has 86 valence electrons. The average molecular weight is 215 g/mol. The molecule has 0 fully saturated rings. The van der Waals surface area contributed by atoms with Gasteiger partial charge in [0.05, 0.1) is 0 Å². The van der Waals surface area contributed by atoms with Gasteiger partial charge in [-0.25, -0.2) is 0 Å². The topological polar surface area (TPSA) is 3.24 Å². The Morgan fingerprint density at radius 1 is 1.12 bits per heavy atom. The SMILES string of the molecule is CCN(CC)CCC1C=Cc2ccccc21. The van der Waals surface area contributed by atoms with Gasteiger partial charge < -0.3 is 4.90 Å². The molecule has 16 heavy (non-hydrogen) atoms. The van der Waals surface area contributed by atoms with E-state index in [4.69, 9.17) is 0 Å². The molecule has 0 amide bonds. The minimum Gasteiger partial charge on any atom is -0.304 e. The van der Waals surface area contributed by atoms with Crippen LogP contribution in [0.4, 0.5) is 0 Å². The van der Waals surface area contributed by atoms with Crippen LogP contribution in [0.5, 0.6) is 0 Å². The predicted molar refractivity (Wildman–Crippen MR) is 70.6 cm³/mol. The Kier molecular flexibility index (Phi) is 3.79. The smallest absolute Gasteiger partial charge is 0.00393 e. The fourth-order valence-corrected chi connectivity index (χ4v) is 2.44. The summed E-state index contributed by atoms with van der Waals surface area (Å²) in [5.41, 5.74) is 2.92. The van der Waals surface area contributed by atoms with Gasteiger partial charge >= 0.3 is 0 Å². The molecule has 0 heterocycles. The van der Waals surface area contributed by atoms with E-state index in [1.807, 2.05) is 0 Å². The van der Waals surface area contributed by atoms with Crippen LogP contribution < -0.4 is 0 Å². The molecule has 0 bridgehead atoms. The number of hydrogen-bond acceptors (Lipinski definition) is 1. The lowest BCUT2D eigenvalue weighted by molar-refractivity contribution is 0.296. The van der Waals surface area contributed by atoms with Crippen molar-refractivity contribution in [1.29, 1.82) is 0 Å². The van der Waals surface area contributed by atoms with Crippen molar-refractivity contribution in [3.05, 3.63) is 41.5 Å². The van der Waals surface area contributed by atoms with Crippen LogP contribution >= 0.6 is 0 Å². The lowest BCUT2D eigenvalue weighted by atomic mass is 9.97. The summed E-state index contributed by atoms with van der Waals surface area (Å²) in [4.78, 5) is 2.49. The third-order valence-corrected chi connectivity index (χ3v) is 3.55. The molecule has 1 heteroatoms. The van der Waals surface area contributed by atoms with Crippen molar-refractivity contribution in [2.75, 3.05) is 19.6 Å². The van der Waals surface area contributed by atoms with E-state index in [0.717, 1.165) is 13.1 Å². The Labute approximate surface area is 98.8 Å². The van der Waals surface area contributed by atoms with Crippen molar-refractivity contribution < 1.29 is 0 Å². The Morgan fingerprint density at radius 3 is 2.62 bits per heavy atom. The van der Waals surface area contributed by atoms with Gasteiger partial charge in [-0.1, -0.05) is 50.3 Å². The Morgan fingerprint density at radius 2 is 1.88 bits per heavy atom. The minimum atomic E-state index is 0.636. The second-order valence-electron chi connectivity index (χ2n) is 4.41. The summed E-state index contributed by atoms with van der Waals surface area (Å²) >= 11 is 0. The highest BCUT2D eigenvalue weighted by molar-refractivity contribution is 5.62. The van der Waals surface area contributed by atoms with E-state index in [1.165, 1.54) is 24.1 Å². The molecule has 1 nitrogen and oxygen atoms in total. The van der Waals surface area contributed by atoms with Gasteiger partial charge in [0.2, 0.25) is 0 Å². The van der Waals surface area contributed by atoms with Crippen LogP contribution in [0, 0.1) is 0 Å². The first kappa shape index (κ1) is 11.4. The maximum absolute atomic E-state index is 2.49. The maximum atomic E-state index is 2.49. The van der Waals surface area contributed by atoms with E-state index in [1.54, 1.807) is 0 Å². The molecule has 2 rings (SSSR count). The largest absolute Gasteiger partial charge is 0.304 e. The molecule has 0 aliphatic heterocycles. The molecule has 1 aromatic carbocycles. The molecule has 0 spiro atoms. The van der Waals surface area contributed by atoms with E-state index in [0.29, 0.717) is 5.92 Å². The standard InChI is InChI=1S/C15H21N/c1-3-16(4-2)12-11-14-10-9-13-7-5-6-8-15(13)14/h5-10,14H,3-4,11-12H2,1-2H3. The number of fused-ring (bicyclic) bond motifs is 1. The van der Waals surface area contributed by atoms with Crippen LogP contribution in [0.25, 0.3) is 6.08 Å². The highest BCUT2D eigenvalue weighted by atomic mass is 15.1. The van der Waals surface area contributed by atoms with Gasteiger partial charge in [0, 0.05) is 5.92 Å². The van der Waals surface area contributed by atoms with Crippen molar-refractivity contribution in [2.45, 2.75) is 26.2 Å². The van der Waals surface area contributed by atoms with Crippen LogP contribution in [0.2, 0.25) is 0 Å². The summed E-state index contributed by atoms with van der Waals surface area (Å²) in [5.74, 6) is 0.636. The summed E-state index contributed by atoms with van der Waals surface area (Å²) < 4.78 is 0. The highest BCUT2D eigenvalue weighted by Gasteiger charge is 2.16. The zero-order valence-electron chi connectivity index (χ0n) is 10.3. The molecule has 0 saturated carbocycles. The van der Waals surface area contributed by atoms with Crippen molar-refractivity contribution in [2.24, 2.45) is 0 Å². The van der Waals surface area contributed by atoms with Gasteiger partial charge in [-0.15, -0.1) is 0 Å². The lowest BCUT2D eigenvalue weighted by Gasteiger charge is -2.20. The molecule has 0 saturated heterocycles. The van der Waals surface area contributed by atoms with E-state index >= 15 is 0 Å². The fourth-order valence-electron chi connectivity index (χ4n) is 2.44. The molecule has 0 aromatic heterocycles. The molecule has 1 aliphatic carbocycles. The van der Waals surface area contributed by atoms with Crippen LogP contribution in [-0.2, 0) is 0 Å². The van der Waals surface area contributed by atoms with Crippen LogP contribution in [0.15, 0.2) is 30.3 Å². The van der Waals surface area contributed by atoms with E-state index in [-0.39, 0.29) is 0 Å². The molecule has 1 aromatic rings. The molecular formula is C15H21N. The second kappa shape index (κ2) is 5.31.